The number of hydrogen-bond acceptors (Lipinski definition) is 4. The van der Waals surface area contributed by atoms with Crippen molar-refractivity contribution < 1.29 is 18.3 Å². The van der Waals surface area contributed by atoms with Gasteiger partial charge in [0.15, 0.2) is 0 Å². The van der Waals surface area contributed by atoms with Gasteiger partial charge in [0.2, 0.25) is 0 Å². The summed E-state index contributed by atoms with van der Waals surface area (Å²) in [4.78, 5) is 12.0. The van der Waals surface area contributed by atoms with E-state index in [0.29, 0.717) is 9.87 Å². The number of carbonyl (C=O) groups is 1. The first-order chi connectivity index (χ1) is 10.6. The molecule has 2 rings (SSSR count). The summed E-state index contributed by atoms with van der Waals surface area (Å²) < 4.78 is 28.1. The molecule has 0 bridgehead atoms. The molecule has 0 fully saturated rings. The van der Waals surface area contributed by atoms with Gasteiger partial charge in [0.05, 0.1) is 11.3 Å². The van der Waals surface area contributed by atoms with Crippen molar-refractivity contribution in [3.05, 3.63) is 71.8 Å². The van der Waals surface area contributed by atoms with Crippen LogP contribution in [0.25, 0.3) is 0 Å². The molecule has 0 heterocycles. The van der Waals surface area contributed by atoms with Gasteiger partial charge in [-0.1, -0.05) is 72.3 Å². The Morgan fingerprint density at radius 2 is 1.68 bits per heavy atom. The zero-order valence-corrected chi connectivity index (χ0v) is 13.0. The van der Waals surface area contributed by atoms with Gasteiger partial charge in [-0.15, -0.1) is 0 Å². The summed E-state index contributed by atoms with van der Waals surface area (Å²) >= 11 is 3.23. The first-order valence-electron chi connectivity index (χ1n) is 6.38. The molecule has 0 aromatic heterocycles. The van der Waals surface area contributed by atoms with Crippen LogP contribution >= 0.6 is 11.6 Å². The summed E-state index contributed by atoms with van der Waals surface area (Å²) in [6.07, 6.45) is -1.03. The van der Waals surface area contributed by atoms with Crippen LogP contribution in [0.3, 0.4) is 0 Å². The number of hydrogen-bond donors (Lipinski definition) is 0. The molecule has 0 aliphatic carbocycles. The zero-order chi connectivity index (χ0) is 15.9. The molecule has 0 saturated carbocycles. The van der Waals surface area contributed by atoms with E-state index in [-0.39, 0.29) is 6.61 Å². The number of carbonyl (C=O) groups excluding carboxylic acids is 1. The molecular weight excluding hydrogens is 326 g/mol. The van der Waals surface area contributed by atoms with Crippen molar-refractivity contribution in [3.8, 4) is 0 Å². The van der Waals surface area contributed by atoms with Gasteiger partial charge in [-0.05, 0) is 11.1 Å². The summed E-state index contributed by atoms with van der Waals surface area (Å²) in [5, 5.41) is 0. The minimum atomic E-state index is -2.85. The molecular formula is C15H13ClNO4S-. The number of rotatable bonds is 5. The number of halogens is 1. The molecule has 22 heavy (non-hydrogen) atoms. The largest absolute Gasteiger partial charge is 0.755 e. The van der Waals surface area contributed by atoms with E-state index in [0.717, 1.165) is 5.56 Å². The molecule has 2 aromatic rings. The maximum atomic E-state index is 12.0. The van der Waals surface area contributed by atoms with Crippen molar-refractivity contribution >= 4 is 29.0 Å². The molecule has 0 spiro atoms. The minimum Gasteiger partial charge on any atom is -0.755 e. The third-order valence-corrected chi connectivity index (χ3v) is 4.07. The van der Waals surface area contributed by atoms with Gasteiger partial charge in [0.25, 0.3) is 0 Å². The molecule has 116 valence electrons. The Hall–Kier alpha value is -1.89. The fourth-order valence-electron chi connectivity index (χ4n) is 1.76. The van der Waals surface area contributed by atoms with Crippen LogP contribution in [0.4, 0.5) is 4.79 Å². The lowest BCUT2D eigenvalue weighted by Crippen LogP contribution is -2.34. The normalized spacial score (nSPS) is 13.2. The van der Waals surface area contributed by atoms with Crippen LogP contribution in [0.1, 0.15) is 16.6 Å². The highest BCUT2D eigenvalue weighted by molar-refractivity contribution is 7.77. The molecule has 2 unspecified atom stereocenters. The molecule has 2 atom stereocenters. The number of ether oxygens (including phenoxy) is 1. The van der Waals surface area contributed by atoms with Gasteiger partial charge in [-0.25, -0.2) is 9.10 Å². The monoisotopic (exact) mass is 338 g/mol. The Labute approximate surface area is 135 Å². The summed E-state index contributed by atoms with van der Waals surface area (Å²) in [5.41, 5.74) is 0.0612. The first kappa shape index (κ1) is 16.5. The number of alkyl halides is 1. The van der Waals surface area contributed by atoms with Gasteiger partial charge >= 0.3 is 6.09 Å². The predicted molar refractivity (Wildman–Crippen MR) is 82.4 cm³/mol. The standard InChI is InChI=1S/C15H14ClNO4S/c16-14(13-9-5-2-6-10-13)17(22(19)20)15(18)21-11-12-7-3-1-4-8-12/h1-10,14H,11H2,(H,19,20)/p-1. The molecule has 0 saturated heterocycles. The second kappa shape index (κ2) is 7.93. The smallest absolute Gasteiger partial charge is 0.422 e. The Morgan fingerprint density at radius 3 is 2.23 bits per heavy atom. The van der Waals surface area contributed by atoms with Crippen LogP contribution in [0, 0.1) is 0 Å². The highest BCUT2D eigenvalue weighted by Gasteiger charge is 2.26. The number of amides is 1. The Morgan fingerprint density at radius 1 is 1.14 bits per heavy atom. The molecule has 1 amide bonds. The van der Waals surface area contributed by atoms with Crippen LogP contribution in [0.15, 0.2) is 60.7 Å². The lowest BCUT2D eigenvalue weighted by molar-refractivity contribution is 0.115. The maximum Gasteiger partial charge on any atom is 0.422 e. The Balaban J connectivity index is 2.07. The lowest BCUT2D eigenvalue weighted by Gasteiger charge is -2.28. The van der Waals surface area contributed by atoms with Gasteiger partial charge in [-0.2, -0.15) is 0 Å². The van der Waals surface area contributed by atoms with Crippen molar-refractivity contribution in [2.75, 3.05) is 0 Å². The van der Waals surface area contributed by atoms with Gasteiger partial charge < -0.3 is 9.29 Å². The molecule has 5 nitrogen and oxygen atoms in total. The van der Waals surface area contributed by atoms with Gasteiger partial charge in [0, 0.05) is 0 Å². The number of nitrogens with zero attached hydrogens (tertiary/aromatic N) is 1. The van der Waals surface area contributed by atoms with Gasteiger partial charge in [-0.3, -0.25) is 4.21 Å². The van der Waals surface area contributed by atoms with E-state index in [1.165, 1.54) is 0 Å². The van der Waals surface area contributed by atoms with E-state index in [1.54, 1.807) is 54.6 Å². The minimum absolute atomic E-state index is 0.0359. The van der Waals surface area contributed by atoms with Crippen LogP contribution in [-0.4, -0.2) is 19.2 Å². The Kier molecular flexibility index (Phi) is 5.94. The van der Waals surface area contributed by atoms with Crippen LogP contribution in [0.2, 0.25) is 0 Å². The van der Waals surface area contributed by atoms with Crippen LogP contribution in [-0.2, 0) is 22.6 Å². The first-order valence-corrected chi connectivity index (χ1v) is 7.84. The van der Waals surface area contributed by atoms with Crippen LogP contribution in [0.5, 0.6) is 0 Å². The van der Waals surface area contributed by atoms with E-state index in [4.69, 9.17) is 16.3 Å². The van der Waals surface area contributed by atoms with Gasteiger partial charge in [0.1, 0.15) is 12.1 Å². The van der Waals surface area contributed by atoms with E-state index >= 15 is 0 Å². The fourth-order valence-corrected chi connectivity index (χ4v) is 2.63. The molecule has 0 N–H and O–H groups in total. The average Bonchev–Trinajstić information content (AvgIpc) is 2.54. The Bertz CT molecular complexity index is 639. The summed E-state index contributed by atoms with van der Waals surface area (Å²) in [5.74, 6) is 0. The maximum absolute atomic E-state index is 12.0. The second-order valence-corrected chi connectivity index (χ2v) is 5.57. The summed E-state index contributed by atoms with van der Waals surface area (Å²) in [6, 6.07) is 17.4. The van der Waals surface area contributed by atoms with E-state index in [2.05, 4.69) is 0 Å². The van der Waals surface area contributed by atoms with Crippen molar-refractivity contribution in [1.82, 2.24) is 4.31 Å². The van der Waals surface area contributed by atoms with E-state index < -0.39 is 22.9 Å². The lowest BCUT2D eigenvalue weighted by atomic mass is 10.2. The van der Waals surface area contributed by atoms with Crippen molar-refractivity contribution in [3.63, 3.8) is 0 Å². The number of benzene rings is 2. The highest BCUT2D eigenvalue weighted by Crippen LogP contribution is 2.26. The molecule has 0 aliphatic heterocycles. The molecule has 0 aliphatic rings. The average molecular weight is 339 g/mol. The second-order valence-electron chi connectivity index (χ2n) is 4.33. The van der Waals surface area contributed by atoms with Crippen molar-refractivity contribution in [2.45, 2.75) is 12.1 Å². The van der Waals surface area contributed by atoms with Crippen molar-refractivity contribution in [2.24, 2.45) is 0 Å². The summed E-state index contributed by atoms with van der Waals surface area (Å²) in [6.45, 7) is -0.0359. The van der Waals surface area contributed by atoms with E-state index in [9.17, 15) is 13.6 Å². The SMILES string of the molecule is O=C(OCc1ccccc1)N(C(Cl)c1ccccc1)S(=O)[O-]. The highest BCUT2D eigenvalue weighted by atomic mass is 35.5. The van der Waals surface area contributed by atoms with Crippen LogP contribution < -0.4 is 0 Å². The third kappa shape index (κ3) is 4.30. The van der Waals surface area contributed by atoms with Crippen molar-refractivity contribution in [1.29, 1.82) is 0 Å². The fraction of sp³-hybridized carbons (Fsp3) is 0.133. The molecule has 7 heteroatoms. The topological polar surface area (TPSA) is 69.7 Å². The molecule has 0 radical (unpaired) electrons. The summed E-state index contributed by atoms with van der Waals surface area (Å²) in [7, 11) is 0. The third-order valence-electron chi connectivity index (χ3n) is 2.83. The predicted octanol–water partition coefficient (Wildman–Crippen LogP) is 3.36. The molecule has 2 aromatic carbocycles. The quantitative estimate of drug-likeness (QED) is 0.476. The van der Waals surface area contributed by atoms with E-state index in [1.807, 2.05) is 6.07 Å². The zero-order valence-electron chi connectivity index (χ0n) is 11.4.